The van der Waals surface area contributed by atoms with Gasteiger partial charge in [0.05, 0.1) is 17.1 Å². The van der Waals surface area contributed by atoms with Gasteiger partial charge in [0.25, 0.3) is 10.0 Å². The molecule has 4 rings (SSSR count). The zero-order valence-corrected chi connectivity index (χ0v) is 16.0. The number of ether oxygens (including phenoxy) is 1. The van der Waals surface area contributed by atoms with Gasteiger partial charge in [-0.2, -0.15) is 5.26 Å². The number of hydrogen-bond donors (Lipinski definition) is 0. The van der Waals surface area contributed by atoms with E-state index in [-0.39, 0.29) is 18.0 Å². The van der Waals surface area contributed by atoms with Crippen molar-refractivity contribution in [3.8, 4) is 22.9 Å². The lowest BCUT2D eigenvalue weighted by Gasteiger charge is -2.31. The van der Waals surface area contributed by atoms with Gasteiger partial charge in [0.2, 0.25) is 0 Å². The molecule has 2 heterocycles. The van der Waals surface area contributed by atoms with Gasteiger partial charge in [0, 0.05) is 11.8 Å². The highest BCUT2D eigenvalue weighted by atomic mass is 32.2. The highest BCUT2D eigenvalue weighted by Crippen LogP contribution is 2.38. The van der Waals surface area contributed by atoms with E-state index in [2.05, 4.69) is 4.98 Å². The van der Waals surface area contributed by atoms with Gasteiger partial charge in [-0.25, -0.2) is 13.4 Å². The number of sulfonamides is 1. The van der Waals surface area contributed by atoms with Crippen LogP contribution in [0.3, 0.4) is 0 Å². The number of aromatic nitrogens is 1. The Morgan fingerprint density at radius 1 is 1.07 bits per heavy atom. The molecule has 0 unspecified atom stereocenters. The summed E-state index contributed by atoms with van der Waals surface area (Å²) in [7, 11) is -3.71. The summed E-state index contributed by atoms with van der Waals surface area (Å²) in [5, 5.41) is 8.90. The maximum absolute atomic E-state index is 13.2. The van der Waals surface area contributed by atoms with E-state index < -0.39 is 10.0 Å². The molecule has 2 aromatic carbocycles. The summed E-state index contributed by atoms with van der Waals surface area (Å²) in [4.78, 5) is 4.33. The molecule has 0 N–H and O–H groups in total. The van der Waals surface area contributed by atoms with Gasteiger partial charge >= 0.3 is 0 Å². The molecule has 28 heavy (non-hydrogen) atoms. The molecule has 1 aliphatic rings. The van der Waals surface area contributed by atoms with Gasteiger partial charge in [0.1, 0.15) is 24.1 Å². The quantitative estimate of drug-likeness (QED) is 0.682. The van der Waals surface area contributed by atoms with Crippen molar-refractivity contribution < 1.29 is 13.2 Å². The maximum Gasteiger partial charge on any atom is 0.264 e. The summed E-state index contributed by atoms with van der Waals surface area (Å²) in [6, 6.07) is 17.6. The molecule has 0 spiro atoms. The first-order valence-corrected chi connectivity index (χ1v) is 10.2. The summed E-state index contributed by atoms with van der Waals surface area (Å²) in [5.41, 5.74) is 3.41. The van der Waals surface area contributed by atoms with Crippen molar-refractivity contribution in [2.24, 2.45) is 0 Å². The number of hydrogen-bond acceptors (Lipinski definition) is 5. The molecule has 1 aliphatic heterocycles. The largest absolute Gasteiger partial charge is 0.489 e. The minimum absolute atomic E-state index is 0.234. The predicted molar refractivity (Wildman–Crippen MR) is 106 cm³/mol. The second-order valence-corrected chi connectivity index (χ2v) is 8.33. The Morgan fingerprint density at radius 3 is 2.50 bits per heavy atom. The highest BCUT2D eigenvalue weighted by Gasteiger charge is 2.30. The molecule has 0 aliphatic carbocycles. The van der Waals surface area contributed by atoms with Crippen molar-refractivity contribution in [3.63, 3.8) is 0 Å². The van der Waals surface area contributed by atoms with Crippen LogP contribution in [0.5, 0.6) is 5.75 Å². The van der Waals surface area contributed by atoms with Crippen LogP contribution < -0.4 is 9.04 Å². The van der Waals surface area contributed by atoms with E-state index >= 15 is 0 Å². The first-order chi connectivity index (χ1) is 13.5. The lowest BCUT2D eigenvalue weighted by Crippen LogP contribution is -2.37. The Morgan fingerprint density at radius 2 is 1.82 bits per heavy atom. The number of nitriles is 1. The monoisotopic (exact) mass is 391 g/mol. The Kier molecular flexibility index (Phi) is 4.49. The molecule has 140 valence electrons. The lowest BCUT2D eigenvalue weighted by molar-refractivity contribution is 0.316. The zero-order valence-electron chi connectivity index (χ0n) is 15.2. The second kappa shape index (κ2) is 6.98. The lowest BCUT2D eigenvalue weighted by atomic mass is 10.1. The number of nitrogens with zero attached hydrogens (tertiary/aromatic N) is 3. The van der Waals surface area contributed by atoms with Crippen molar-refractivity contribution >= 4 is 15.7 Å². The molecular weight excluding hydrogens is 374 g/mol. The minimum atomic E-state index is -3.71. The van der Waals surface area contributed by atoms with Gasteiger partial charge in [-0.3, -0.25) is 4.31 Å². The summed E-state index contributed by atoms with van der Waals surface area (Å²) in [6.07, 6.45) is 1.60. The SMILES string of the molecule is Cc1ccc(S(=O)(=O)N2CCOc3ccc(-c4ccc(C#N)nc4)cc32)cc1. The molecule has 1 aromatic heterocycles. The van der Waals surface area contributed by atoms with Crippen LogP contribution in [0, 0.1) is 18.3 Å². The third kappa shape index (κ3) is 3.19. The Bertz CT molecular complexity index is 1170. The van der Waals surface area contributed by atoms with Gasteiger partial charge in [-0.1, -0.05) is 23.8 Å². The van der Waals surface area contributed by atoms with Gasteiger partial charge in [-0.05, 0) is 48.9 Å². The molecule has 7 heteroatoms. The number of fused-ring (bicyclic) bond motifs is 1. The van der Waals surface area contributed by atoms with Crippen LogP contribution >= 0.6 is 0 Å². The molecule has 0 saturated heterocycles. The molecule has 0 saturated carbocycles. The number of pyridine rings is 1. The fourth-order valence-corrected chi connectivity index (χ4v) is 4.54. The average molecular weight is 391 g/mol. The molecule has 3 aromatic rings. The fraction of sp³-hybridized carbons (Fsp3) is 0.143. The van der Waals surface area contributed by atoms with Crippen LogP contribution in [0.25, 0.3) is 11.1 Å². The summed E-state index contributed by atoms with van der Waals surface area (Å²) in [6.45, 7) is 2.44. The van der Waals surface area contributed by atoms with Crippen LogP contribution in [-0.4, -0.2) is 26.6 Å². The van der Waals surface area contributed by atoms with E-state index in [1.165, 1.54) is 4.31 Å². The molecule has 0 atom stereocenters. The molecule has 0 radical (unpaired) electrons. The van der Waals surface area contributed by atoms with E-state index in [0.717, 1.165) is 16.7 Å². The van der Waals surface area contributed by atoms with Crippen LogP contribution in [0.15, 0.2) is 65.7 Å². The molecule has 0 fully saturated rings. The topological polar surface area (TPSA) is 83.3 Å². The number of aryl methyl sites for hydroxylation is 1. The zero-order chi connectivity index (χ0) is 19.7. The molecule has 6 nitrogen and oxygen atoms in total. The Labute approximate surface area is 163 Å². The number of benzene rings is 2. The summed E-state index contributed by atoms with van der Waals surface area (Å²) in [5.74, 6) is 0.521. The maximum atomic E-state index is 13.2. The first kappa shape index (κ1) is 18.0. The van der Waals surface area contributed by atoms with E-state index in [1.807, 2.05) is 19.1 Å². The van der Waals surface area contributed by atoms with E-state index in [1.54, 1.807) is 54.7 Å². The Hall–Kier alpha value is -3.37. The summed E-state index contributed by atoms with van der Waals surface area (Å²) >= 11 is 0. The summed E-state index contributed by atoms with van der Waals surface area (Å²) < 4.78 is 33.5. The highest BCUT2D eigenvalue weighted by molar-refractivity contribution is 7.92. The van der Waals surface area contributed by atoms with Gasteiger partial charge in [0.15, 0.2) is 0 Å². The van der Waals surface area contributed by atoms with E-state index in [9.17, 15) is 8.42 Å². The Balaban J connectivity index is 1.77. The number of rotatable bonds is 3. The van der Waals surface area contributed by atoms with Crippen molar-refractivity contribution in [1.82, 2.24) is 4.98 Å². The molecule has 0 bridgehead atoms. The van der Waals surface area contributed by atoms with Crippen LogP contribution in [0.4, 0.5) is 5.69 Å². The van der Waals surface area contributed by atoms with Crippen molar-refractivity contribution in [1.29, 1.82) is 5.26 Å². The minimum Gasteiger partial charge on any atom is -0.489 e. The van der Waals surface area contributed by atoms with Crippen LogP contribution in [-0.2, 0) is 10.0 Å². The molecule has 0 amide bonds. The van der Waals surface area contributed by atoms with Crippen molar-refractivity contribution in [3.05, 3.63) is 72.1 Å². The van der Waals surface area contributed by atoms with Crippen LogP contribution in [0.2, 0.25) is 0 Å². The van der Waals surface area contributed by atoms with Gasteiger partial charge in [-0.15, -0.1) is 0 Å². The van der Waals surface area contributed by atoms with E-state index in [0.29, 0.717) is 17.1 Å². The van der Waals surface area contributed by atoms with Gasteiger partial charge < -0.3 is 4.74 Å². The third-order valence-electron chi connectivity index (χ3n) is 4.60. The normalized spacial score (nSPS) is 13.4. The fourth-order valence-electron chi connectivity index (χ4n) is 3.09. The van der Waals surface area contributed by atoms with Crippen molar-refractivity contribution in [2.75, 3.05) is 17.5 Å². The average Bonchev–Trinajstić information content (AvgIpc) is 2.73. The predicted octanol–water partition coefficient (Wildman–Crippen LogP) is 3.52. The number of anilines is 1. The molecular formula is C21H17N3O3S. The van der Waals surface area contributed by atoms with Crippen LogP contribution in [0.1, 0.15) is 11.3 Å². The van der Waals surface area contributed by atoms with E-state index in [4.69, 9.17) is 10.00 Å². The standard InChI is InChI=1S/C21H17N3O3S/c1-15-2-7-19(8-3-15)28(25,26)24-10-11-27-21-9-5-16(12-20(21)24)17-4-6-18(13-22)23-14-17/h2-9,12,14H,10-11H2,1H3. The smallest absolute Gasteiger partial charge is 0.264 e. The third-order valence-corrected chi connectivity index (χ3v) is 6.43. The van der Waals surface area contributed by atoms with Crippen molar-refractivity contribution in [2.45, 2.75) is 11.8 Å². The first-order valence-electron chi connectivity index (χ1n) is 8.72. The second-order valence-electron chi connectivity index (χ2n) is 6.47.